The van der Waals surface area contributed by atoms with Gasteiger partial charge in [0.2, 0.25) is 0 Å². The Morgan fingerprint density at radius 2 is 1.04 bits per heavy atom. The number of esters is 1. The molecular weight excluding hydrogens is 710 g/mol. The van der Waals surface area contributed by atoms with Gasteiger partial charge in [-0.2, -0.15) is 0 Å². The number of nitrogens with one attached hydrogen (secondary N) is 2. The highest BCUT2D eigenvalue weighted by molar-refractivity contribution is 5.96. The molecule has 0 aliphatic heterocycles. The minimum Gasteiger partial charge on any atom is -0.463 e. The van der Waals surface area contributed by atoms with Gasteiger partial charge in [0.15, 0.2) is 0 Å². The molecule has 0 aliphatic carbocycles. The Bertz CT molecular complexity index is 1760. The molecule has 0 fully saturated rings. The van der Waals surface area contributed by atoms with Gasteiger partial charge in [-0.1, -0.05) is 5.11 Å². The van der Waals surface area contributed by atoms with Crippen molar-refractivity contribution in [3.8, 4) is 0 Å². The van der Waals surface area contributed by atoms with E-state index in [1.54, 1.807) is 6.92 Å². The van der Waals surface area contributed by atoms with Crippen LogP contribution in [0.15, 0.2) is 36.6 Å². The average Bonchev–Trinajstić information content (AvgIpc) is 3.85. The van der Waals surface area contributed by atoms with Gasteiger partial charge in [-0.25, -0.2) is 4.79 Å². The van der Waals surface area contributed by atoms with Gasteiger partial charge in [0.25, 0.3) is 11.8 Å². The number of amides is 2. The van der Waals surface area contributed by atoms with Crippen molar-refractivity contribution in [2.45, 2.75) is 82.6 Å². The number of hydrogen-bond donors (Lipinski definition) is 11. The van der Waals surface area contributed by atoms with E-state index in [2.05, 4.69) is 20.7 Å². The second-order valence-corrected chi connectivity index (χ2v) is 11.9. The van der Waals surface area contributed by atoms with E-state index >= 15 is 0 Å². The van der Waals surface area contributed by atoms with Gasteiger partial charge in [0, 0.05) is 18.0 Å². The van der Waals surface area contributed by atoms with Gasteiger partial charge in [-0.05, 0) is 51.4 Å². The van der Waals surface area contributed by atoms with Gasteiger partial charge >= 0.3 is 5.97 Å². The Kier molecular flexibility index (Phi) is 15.1. The molecular formula is C32H43N5O16. The van der Waals surface area contributed by atoms with Crippen molar-refractivity contribution in [2.24, 2.45) is 5.11 Å². The Morgan fingerprint density at radius 1 is 0.679 bits per heavy atom. The normalized spacial score (nSPS) is 16.6. The summed E-state index contributed by atoms with van der Waals surface area (Å²) < 4.78 is 20.9. The van der Waals surface area contributed by atoms with Crippen LogP contribution in [0.3, 0.4) is 0 Å². The number of ether oxygens (including phenoxy) is 1. The van der Waals surface area contributed by atoms with E-state index in [0.29, 0.717) is 0 Å². The minimum absolute atomic E-state index is 0.0179. The first-order chi connectivity index (χ1) is 24.9. The number of azide groups is 1. The highest BCUT2D eigenvalue weighted by atomic mass is 16.5. The first-order valence-corrected chi connectivity index (χ1v) is 16.1. The van der Waals surface area contributed by atoms with E-state index < -0.39 is 92.4 Å². The van der Waals surface area contributed by atoms with E-state index in [1.165, 1.54) is 20.8 Å². The fourth-order valence-corrected chi connectivity index (χ4v) is 5.01. The summed E-state index contributed by atoms with van der Waals surface area (Å²) in [6.07, 6.45) is -16.3. The Morgan fingerprint density at radius 3 is 1.42 bits per heavy atom. The average molecular weight is 754 g/mol. The smallest absolute Gasteiger partial charge is 0.341 e. The molecule has 21 nitrogen and oxygen atoms in total. The highest BCUT2D eigenvalue weighted by Gasteiger charge is 2.34. The number of rotatable bonds is 19. The number of hydrogen-bond acceptors (Lipinski definition) is 17. The van der Waals surface area contributed by atoms with Crippen molar-refractivity contribution >= 4 is 17.8 Å². The molecule has 0 spiro atoms. The summed E-state index contributed by atoms with van der Waals surface area (Å²) in [7, 11) is 0. The molecule has 2 amide bonds. The standard InChI is InChI=1S/C32H43N5O16/c1-5-50-32(49)17-8-23(53-14(17)4)29(46)25(42)19(39)10-35-30(47)15-6-21(51-12(15)2)27(44)24(41)18(38)9-34-31(48)16-7-22(52-13(16)3)28(45)26(43)20(40)11-36-37-33/h6-8,18-20,24-29,38-46H,5,9-11H2,1-4H3,(H,34,48)(H,35,47)/t18-,19-,20-,24-,25-,26-,27-,28-,29-/m1/s1. The molecule has 53 heavy (non-hydrogen) atoms. The molecule has 0 radical (unpaired) electrons. The summed E-state index contributed by atoms with van der Waals surface area (Å²) in [5, 5.41) is 101. The second-order valence-electron chi connectivity index (χ2n) is 11.9. The predicted molar refractivity (Wildman–Crippen MR) is 176 cm³/mol. The molecule has 9 atom stereocenters. The van der Waals surface area contributed by atoms with Gasteiger partial charge in [-0.15, -0.1) is 0 Å². The molecule has 0 aliphatic rings. The van der Waals surface area contributed by atoms with Crippen LogP contribution in [0.25, 0.3) is 10.4 Å². The maximum Gasteiger partial charge on any atom is 0.341 e. The number of carbonyl (C=O) groups excluding carboxylic acids is 3. The van der Waals surface area contributed by atoms with E-state index in [4.69, 9.17) is 23.5 Å². The SMILES string of the molecule is CCOC(=O)c1cc([C@@H](O)[C@H](O)[C@H](O)CNC(=O)c2cc([C@@H](O)[C@H](O)[C@H](O)CNC(=O)c3cc([C@@H](O)[C@H](O)[C@H](O)CN=[N+]=[N-])oc3C)oc2C)oc1C. The van der Waals surface area contributed by atoms with Gasteiger partial charge in [-0.3, -0.25) is 9.59 Å². The monoisotopic (exact) mass is 753 g/mol. The van der Waals surface area contributed by atoms with Crippen molar-refractivity contribution in [1.82, 2.24) is 10.6 Å². The quantitative estimate of drug-likeness (QED) is 0.0303. The lowest BCUT2D eigenvalue weighted by Crippen LogP contribution is -2.42. The zero-order valence-electron chi connectivity index (χ0n) is 29.0. The van der Waals surface area contributed by atoms with Crippen LogP contribution in [-0.2, 0) is 4.74 Å². The first-order valence-electron chi connectivity index (χ1n) is 16.1. The molecule has 3 aromatic heterocycles. The zero-order chi connectivity index (χ0) is 39.7. The third-order valence-electron chi connectivity index (χ3n) is 8.10. The highest BCUT2D eigenvalue weighted by Crippen LogP contribution is 2.28. The van der Waals surface area contributed by atoms with Crippen molar-refractivity contribution in [1.29, 1.82) is 0 Å². The first kappa shape index (κ1) is 42.6. The van der Waals surface area contributed by atoms with Gasteiger partial charge in [0.1, 0.15) is 89.0 Å². The molecule has 3 rings (SSSR count). The fourth-order valence-electron chi connectivity index (χ4n) is 5.01. The molecule has 0 bridgehead atoms. The molecule has 3 aromatic rings. The number of aryl methyl sites for hydroxylation is 3. The Labute approximate surface area is 300 Å². The maximum absolute atomic E-state index is 12.8. The lowest BCUT2D eigenvalue weighted by atomic mass is 10.0. The second kappa shape index (κ2) is 18.8. The van der Waals surface area contributed by atoms with E-state index in [0.717, 1.165) is 18.2 Å². The number of nitrogens with zero attached hydrogens (tertiary/aromatic N) is 3. The number of furan rings is 3. The summed E-state index contributed by atoms with van der Waals surface area (Å²) in [5.74, 6) is -3.22. The Balaban J connectivity index is 1.56. The molecule has 0 saturated heterocycles. The molecule has 0 unspecified atom stereocenters. The molecule has 21 heteroatoms. The molecule has 0 aromatic carbocycles. The van der Waals surface area contributed by atoms with E-state index in [1.807, 2.05) is 0 Å². The topological polar surface area (TPSA) is 355 Å². The van der Waals surface area contributed by atoms with E-state index in [-0.39, 0.29) is 57.9 Å². The molecule has 11 N–H and O–H groups in total. The van der Waals surface area contributed by atoms with Crippen molar-refractivity contribution in [3.05, 3.63) is 79.9 Å². The van der Waals surface area contributed by atoms with Crippen LogP contribution in [0, 0.1) is 20.8 Å². The molecule has 3 heterocycles. The summed E-state index contributed by atoms with van der Waals surface area (Å²) in [6, 6.07) is 3.29. The van der Waals surface area contributed by atoms with Crippen LogP contribution in [-0.4, -0.2) is 127 Å². The van der Waals surface area contributed by atoms with E-state index in [9.17, 15) is 60.3 Å². The number of aliphatic hydroxyl groups excluding tert-OH is 9. The van der Waals surface area contributed by atoms with Crippen LogP contribution in [0.2, 0.25) is 0 Å². The van der Waals surface area contributed by atoms with Crippen molar-refractivity contribution in [3.63, 3.8) is 0 Å². The summed E-state index contributed by atoms with van der Waals surface area (Å²) in [6.45, 7) is 4.10. The predicted octanol–water partition coefficient (Wildman–Crippen LogP) is -0.997. The molecule has 0 saturated carbocycles. The van der Waals surface area contributed by atoms with Gasteiger partial charge < -0.3 is 74.6 Å². The van der Waals surface area contributed by atoms with Crippen molar-refractivity contribution < 1.29 is 78.3 Å². The summed E-state index contributed by atoms with van der Waals surface area (Å²) in [4.78, 5) is 40.1. The largest absolute Gasteiger partial charge is 0.463 e. The number of carbonyl (C=O) groups is 3. The maximum atomic E-state index is 12.8. The molecule has 292 valence electrons. The van der Waals surface area contributed by atoms with Crippen LogP contribution >= 0.6 is 0 Å². The summed E-state index contributed by atoms with van der Waals surface area (Å²) in [5.41, 5.74) is 8.08. The van der Waals surface area contributed by atoms with Crippen LogP contribution < -0.4 is 10.6 Å². The fraction of sp³-hybridized carbons (Fsp3) is 0.531. The minimum atomic E-state index is -1.96. The van der Waals surface area contributed by atoms with Gasteiger partial charge in [0.05, 0.1) is 30.4 Å². The number of aliphatic hydroxyl groups is 9. The third-order valence-corrected chi connectivity index (χ3v) is 8.10. The van der Waals surface area contributed by atoms with Crippen LogP contribution in [0.4, 0.5) is 0 Å². The van der Waals surface area contributed by atoms with Crippen LogP contribution in [0.5, 0.6) is 0 Å². The third kappa shape index (κ3) is 10.4. The summed E-state index contributed by atoms with van der Waals surface area (Å²) >= 11 is 0. The lowest BCUT2D eigenvalue weighted by Gasteiger charge is -2.22. The Hall–Kier alpha value is -4.80. The van der Waals surface area contributed by atoms with Crippen LogP contribution in [0.1, 0.15) is 90.9 Å². The lowest BCUT2D eigenvalue weighted by molar-refractivity contribution is -0.0661. The zero-order valence-corrected chi connectivity index (χ0v) is 29.0. The van der Waals surface area contributed by atoms with Crippen molar-refractivity contribution in [2.75, 3.05) is 26.2 Å².